The molecule has 5 heteroatoms. The molecule has 8 aromatic carbocycles. The van der Waals surface area contributed by atoms with Crippen molar-refractivity contribution in [1.82, 2.24) is 15.0 Å². The molecule has 0 unspecified atom stereocenters. The number of furan rings is 1. The monoisotopic (exact) mass is 729 g/mol. The van der Waals surface area contributed by atoms with Crippen LogP contribution >= 0.6 is 0 Å². The summed E-state index contributed by atoms with van der Waals surface area (Å²) in [5.41, 5.74) is 6.85. The van der Waals surface area contributed by atoms with E-state index >= 15 is 0 Å². The van der Waals surface area contributed by atoms with Gasteiger partial charge in [0.2, 0.25) is 0 Å². The number of fused-ring (bicyclic) bond motifs is 10. The van der Waals surface area contributed by atoms with E-state index in [0.29, 0.717) is 17.5 Å². The average Bonchev–Trinajstić information content (AvgIpc) is 3.79. The van der Waals surface area contributed by atoms with E-state index in [1.807, 2.05) is 48.5 Å². The number of rotatable bonds is 4. The van der Waals surface area contributed by atoms with Gasteiger partial charge in [0.25, 0.3) is 0 Å². The third kappa shape index (κ3) is 4.50. The third-order valence-electron chi connectivity index (χ3n) is 10.1. The van der Waals surface area contributed by atoms with E-state index in [1.54, 1.807) is 0 Å². The number of hydrogen-bond acceptors (Lipinski definition) is 4. The minimum absolute atomic E-state index is 0.0366. The van der Waals surface area contributed by atoms with Crippen molar-refractivity contribution in [3.8, 4) is 45.3 Å². The summed E-state index contributed by atoms with van der Waals surface area (Å²) in [4.78, 5) is 15.7. The van der Waals surface area contributed by atoms with E-state index in [9.17, 15) is 0 Å². The minimum atomic E-state index is 0.0366. The predicted octanol–water partition coefficient (Wildman–Crippen LogP) is 12.1. The Bertz CT molecular complexity index is 3180. The summed E-state index contributed by atoms with van der Waals surface area (Å²) in [6.45, 7) is 0. The van der Waals surface area contributed by atoms with Crippen molar-refractivity contribution >= 4 is 77.3 Å². The first-order chi connectivity index (χ1) is 25.8. The maximum atomic E-state index is 6.29. The standard InChI is InChI=1S/C47H27N3OSe/c1-3-13-29(14-4-1)41-37(27-26-34-33-25-24-30-23-22-28-12-7-8-17-32(28)40(30)43(33)52-44(34)41)47-49-45(31-15-5-2-6-16-31)48-46(50-47)36-19-11-21-39-42(36)35-18-9-10-20-38(35)51-39/h1-27H. The van der Waals surface area contributed by atoms with Gasteiger partial charge in [0.15, 0.2) is 0 Å². The van der Waals surface area contributed by atoms with Gasteiger partial charge in [0.1, 0.15) is 0 Å². The first-order valence-electron chi connectivity index (χ1n) is 17.4. The topological polar surface area (TPSA) is 51.8 Å². The fourth-order valence-corrected chi connectivity index (χ4v) is 10.8. The zero-order chi connectivity index (χ0) is 34.2. The molecular formula is C47H27N3OSe. The van der Waals surface area contributed by atoms with Crippen LogP contribution < -0.4 is 0 Å². The second-order valence-electron chi connectivity index (χ2n) is 13.1. The van der Waals surface area contributed by atoms with Gasteiger partial charge in [-0.1, -0.05) is 0 Å². The van der Waals surface area contributed by atoms with Gasteiger partial charge in [-0.2, -0.15) is 0 Å². The van der Waals surface area contributed by atoms with Crippen LogP contribution in [0.4, 0.5) is 0 Å². The molecule has 0 spiro atoms. The van der Waals surface area contributed by atoms with Crippen LogP contribution in [0.15, 0.2) is 168 Å². The molecular weight excluding hydrogens is 701 g/mol. The summed E-state index contributed by atoms with van der Waals surface area (Å²) < 4.78 is 9.09. The molecule has 0 saturated heterocycles. The fraction of sp³-hybridized carbons (Fsp3) is 0. The van der Waals surface area contributed by atoms with Crippen molar-refractivity contribution in [3.63, 3.8) is 0 Å². The molecule has 0 N–H and O–H groups in total. The van der Waals surface area contributed by atoms with Gasteiger partial charge in [-0.3, -0.25) is 0 Å². The summed E-state index contributed by atoms with van der Waals surface area (Å²) >= 11 is 0.0366. The van der Waals surface area contributed by atoms with Crippen LogP contribution in [0.25, 0.3) is 108 Å². The zero-order valence-corrected chi connectivity index (χ0v) is 29.5. The second-order valence-corrected chi connectivity index (χ2v) is 15.3. The molecule has 0 radical (unpaired) electrons. The SMILES string of the molecule is c1ccc(-c2nc(-c3ccc4c([se]c5c4ccc4ccc6ccccc6c45)c3-c3ccccc3)nc(-c3cccc4oc5ccccc5c34)n2)cc1. The molecule has 0 aliphatic carbocycles. The van der Waals surface area contributed by atoms with Crippen molar-refractivity contribution in [3.05, 3.63) is 164 Å². The van der Waals surface area contributed by atoms with Gasteiger partial charge in [-0.25, -0.2) is 0 Å². The summed E-state index contributed by atoms with van der Waals surface area (Å²) in [7, 11) is 0. The van der Waals surface area contributed by atoms with Gasteiger partial charge < -0.3 is 0 Å². The van der Waals surface area contributed by atoms with Gasteiger partial charge >= 0.3 is 306 Å². The van der Waals surface area contributed by atoms with E-state index in [1.165, 1.54) is 46.4 Å². The van der Waals surface area contributed by atoms with Crippen molar-refractivity contribution < 1.29 is 4.42 Å². The van der Waals surface area contributed by atoms with Gasteiger partial charge in [-0.05, 0) is 0 Å². The Morgan fingerprint density at radius 2 is 0.981 bits per heavy atom. The van der Waals surface area contributed by atoms with E-state index in [-0.39, 0.29) is 14.5 Å². The molecule has 52 heavy (non-hydrogen) atoms. The molecule has 11 rings (SSSR count). The summed E-state index contributed by atoms with van der Waals surface area (Å²) in [5.74, 6) is 1.90. The van der Waals surface area contributed by atoms with E-state index < -0.39 is 0 Å². The number of benzene rings is 8. The fourth-order valence-electron chi connectivity index (χ4n) is 7.76. The Morgan fingerprint density at radius 3 is 1.83 bits per heavy atom. The second kappa shape index (κ2) is 11.6. The molecule has 0 atom stereocenters. The van der Waals surface area contributed by atoms with Crippen LogP contribution in [0.5, 0.6) is 0 Å². The van der Waals surface area contributed by atoms with E-state index in [0.717, 1.165) is 44.2 Å². The van der Waals surface area contributed by atoms with Crippen molar-refractivity contribution in [2.75, 3.05) is 0 Å². The molecule has 3 heterocycles. The van der Waals surface area contributed by atoms with Crippen molar-refractivity contribution in [2.45, 2.75) is 0 Å². The van der Waals surface area contributed by atoms with Crippen LogP contribution in [0.2, 0.25) is 0 Å². The maximum absolute atomic E-state index is 6.29. The van der Waals surface area contributed by atoms with Crippen molar-refractivity contribution in [1.29, 1.82) is 0 Å². The third-order valence-corrected chi connectivity index (χ3v) is 12.8. The molecule has 0 saturated carbocycles. The molecule has 0 amide bonds. The van der Waals surface area contributed by atoms with Gasteiger partial charge in [0.05, 0.1) is 0 Å². The summed E-state index contributed by atoms with van der Waals surface area (Å²) in [6.07, 6.45) is 0. The summed E-state index contributed by atoms with van der Waals surface area (Å²) in [6, 6.07) is 57.6. The first-order valence-corrected chi connectivity index (χ1v) is 19.1. The average molecular weight is 729 g/mol. The molecule has 4 nitrogen and oxygen atoms in total. The molecule has 242 valence electrons. The Balaban J connectivity index is 1.24. The van der Waals surface area contributed by atoms with Crippen LogP contribution in [0.1, 0.15) is 0 Å². The van der Waals surface area contributed by atoms with Gasteiger partial charge in [0, 0.05) is 0 Å². The molecule has 0 aliphatic heterocycles. The first kappa shape index (κ1) is 29.4. The Hall–Kier alpha value is -6.39. The van der Waals surface area contributed by atoms with Crippen LogP contribution in [0, 0.1) is 0 Å². The van der Waals surface area contributed by atoms with Crippen molar-refractivity contribution in [2.24, 2.45) is 0 Å². The number of aromatic nitrogens is 3. The summed E-state index contributed by atoms with van der Waals surface area (Å²) in [5, 5.41) is 9.88. The van der Waals surface area contributed by atoms with E-state index in [4.69, 9.17) is 19.4 Å². The van der Waals surface area contributed by atoms with E-state index in [2.05, 4.69) is 115 Å². The Morgan fingerprint density at radius 1 is 0.365 bits per heavy atom. The van der Waals surface area contributed by atoms with Crippen LogP contribution in [0.3, 0.4) is 0 Å². The molecule has 3 aromatic heterocycles. The van der Waals surface area contributed by atoms with Crippen LogP contribution in [-0.2, 0) is 0 Å². The number of hydrogen-bond donors (Lipinski definition) is 0. The van der Waals surface area contributed by atoms with Gasteiger partial charge in [-0.15, -0.1) is 0 Å². The molecule has 11 aromatic rings. The predicted molar refractivity (Wildman–Crippen MR) is 216 cm³/mol. The Kier molecular flexibility index (Phi) is 6.53. The number of nitrogens with zero attached hydrogens (tertiary/aromatic N) is 3. The van der Waals surface area contributed by atoms with Crippen LogP contribution in [-0.4, -0.2) is 29.5 Å². The normalized spacial score (nSPS) is 11.8. The molecule has 0 fully saturated rings. The molecule has 0 bridgehead atoms. The zero-order valence-electron chi connectivity index (χ0n) is 27.7. The number of para-hydroxylation sites is 1. The molecule has 0 aliphatic rings. The quantitative estimate of drug-likeness (QED) is 0.134. The Labute approximate surface area is 304 Å².